The highest BCUT2D eigenvalue weighted by molar-refractivity contribution is 7.90. The topological polar surface area (TPSA) is 135 Å². The van der Waals surface area contributed by atoms with E-state index in [1.807, 2.05) is 26.0 Å². The van der Waals surface area contributed by atoms with Gasteiger partial charge < -0.3 is 10.6 Å². The monoisotopic (exact) mass is 447 g/mol. The molecule has 1 amide bonds. The van der Waals surface area contributed by atoms with Crippen LogP contribution in [0.1, 0.15) is 34.3 Å². The van der Waals surface area contributed by atoms with Crippen molar-refractivity contribution in [3.63, 3.8) is 0 Å². The lowest BCUT2D eigenvalue weighted by atomic mass is 9.99. The van der Waals surface area contributed by atoms with Gasteiger partial charge in [-0.2, -0.15) is 0 Å². The van der Waals surface area contributed by atoms with Crippen molar-refractivity contribution >= 4 is 32.9 Å². The second-order valence-corrected chi connectivity index (χ2v) is 9.24. The molecular formula is C21H25N3O6S. The molecule has 2 aromatic rings. The number of Topliss-reactive ketones (excluding diaryl/α,β-unsaturated/α-hetero) is 1. The number of sulfone groups is 1. The molecule has 0 spiro atoms. The van der Waals surface area contributed by atoms with Crippen molar-refractivity contribution in [2.45, 2.75) is 31.6 Å². The molecule has 0 aliphatic carbocycles. The summed E-state index contributed by atoms with van der Waals surface area (Å²) in [7, 11) is -3.57. The highest BCUT2D eigenvalue weighted by Crippen LogP contribution is 2.27. The quantitative estimate of drug-likeness (QED) is 0.247. The second-order valence-electron chi connectivity index (χ2n) is 7.23. The Morgan fingerprint density at radius 1 is 1.03 bits per heavy atom. The van der Waals surface area contributed by atoms with E-state index >= 15 is 0 Å². The molecule has 0 aromatic heterocycles. The molecular weight excluding hydrogens is 422 g/mol. The molecule has 0 bridgehead atoms. The molecule has 0 aliphatic heterocycles. The number of nitrogens with one attached hydrogen (secondary N) is 2. The van der Waals surface area contributed by atoms with Crippen molar-refractivity contribution in [1.29, 1.82) is 0 Å². The average Bonchev–Trinajstić information content (AvgIpc) is 2.70. The lowest BCUT2D eigenvalue weighted by molar-refractivity contribution is -0.384. The van der Waals surface area contributed by atoms with Gasteiger partial charge in [-0.15, -0.1) is 0 Å². The number of aryl methyl sites for hydroxylation is 2. The van der Waals surface area contributed by atoms with Crippen LogP contribution >= 0.6 is 0 Å². The third-order valence-corrected chi connectivity index (χ3v) is 5.74. The van der Waals surface area contributed by atoms with Crippen molar-refractivity contribution in [2.24, 2.45) is 0 Å². The number of carbonyl (C=O) groups is 2. The zero-order chi connectivity index (χ0) is 23.2. The Balaban J connectivity index is 1.84. The van der Waals surface area contributed by atoms with Crippen molar-refractivity contribution in [3.8, 4) is 0 Å². The Hall–Kier alpha value is -3.27. The number of hydrogen-bond acceptors (Lipinski definition) is 7. The van der Waals surface area contributed by atoms with Crippen molar-refractivity contribution in [2.75, 3.05) is 24.7 Å². The lowest BCUT2D eigenvalue weighted by Gasteiger charge is -2.10. The summed E-state index contributed by atoms with van der Waals surface area (Å²) in [6.45, 7) is 4.12. The van der Waals surface area contributed by atoms with Gasteiger partial charge in [0.15, 0.2) is 15.6 Å². The third kappa shape index (κ3) is 6.88. The first-order valence-corrected chi connectivity index (χ1v) is 11.5. The van der Waals surface area contributed by atoms with Crippen LogP contribution in [0.3, 0.4) is 0 Å². The number of anilines is 1. The van der Waals surface area contributed by atoms with Gasteiger partial charge in [0.25, 0.3) is 5.69 Å². The SMILES string of the molecule is Cc1ccc(C)c(C(=O)CCC(=O)NCCNc2ccc(S(C)(=O)=O)cc2[N+](=O)[O-])c1. The minimum Gasteiger partial charge on any atom is -0.378 e. The Labute approximate surface area is 180 Å². The summed E-state index contributed by atoms with van der Waals surface area (Å²) in [6, 6.07) is 9.19. The summed E-state index contributed by atoms with van der Waals surface area (Å²) in [5.74, 6) is -0.404. The molecule has 0 saturated heterocycles. The number of ketones is 1. The van der Waals surface area contributed by atoms with E-state index in [0.29, 0.717) is 5.56 Å². The van der Waals surface area contributed by atoms with Crippen LogP contribution in [0, 0.1) is 24.0 Å². The van der Waals surface area contributed by atoms with Crippen LogP contribution in [-0.4, -0.2) is 44.4 Å². The zero-order valence-electron chi connectivity index (χ0n) is 17.6. The molecule has 10 heteroatoms. The van der Waals surface area contributed by atoms with Crippen LogP contribution in [0.2, 0.25) is 0 Å². The second kappa shape index (κ2) is 10.2. The number of nitro benzene ring substituents is 1. The van der Waals surface area contributed by atoms with Crippen molar-refractivity contribution < 1.29 is 22.9 Å². The average molecular weight is 448 g/mol. The maximum Gasteiger partial charge on any atom is 0.293 e. The van der Waals surface area contributed by atoms with E-state index in [1.54, 1.807) is 6.07 Å². The minimum absolute atomic E-state index is 0.0371. The number of benzene rings is 2. The van der Waals surface area contributed by atoms with Gasteiger partial charge >= 0.3 is 0 Å². The van der Waals surface area contributed by atoms with E-state index in [0.717, 1.165) is 23.4 Å². The van der Waals surface area contributed by atoms with E-state index in [9.17, 15) is 28.1 Å². The van der Waals surface area contributed by atoms with E-state index in [1.165, 1.54) is 12.1 Å². The molecule has 0 atom stereocenters. The number of rotatable bonds is 10. The molecule has 0 fully saturated rings. The minimum atomic E-state index is -3.57. The van der Waals surface area contributed by atoms with E-state index < -0.39 is 14.8 Å². The number of hydrogen-bond donors (Lipinski definition) is 2. The van der Waals surface area contributed by atoms with Crippen molar-refractivity contribution in [1.82, 2.24) is 5.32 Å². The van der Waals surface area contributed by atoms with E-state index in [4.69, 9.17) is 0 Å². The summed E-state index contributed by atoms with van der Waals surface area (Å²) in [5.41, 5.74) is 2.23. The predicted octanol–water partition coefficient (Wildman–Crippen LogP) is 2.81. The first-order chi connectivity index (χ1) is 14.5. The van der Waals surface area contributed by atoms with Crippen LogP contribution in [-0.2, 0) is 14.6 Å². The zero-order valence-corrected chi connectivity index (χ0v) is 18.4. The van der Waals surface area contributed by atoms with Crippen LogP contribution in [0.4, 0.5) is 11.4 Å². The first kappa shape index (κ1) is 24.0. The number of nitro groups is 1. The van der Waals surface area contributed by atoms with Crippen LogP contribution in [0.5, 0.6) is 0 Å². The Morgan fingerprint density at radius 3 is 2.39 bits per heavy atom. The van der Waals surface area contributed by atoms with Gasteiger partial charge in [-0.05, 0) is 37.6 Å². The summed E-state index contributed by atoms with van der Waals surface area (Å²) >= 11 is 0. The van der Waals surface area contributed by atoms with Gasteiger partial charge in [0.05, 0.1) is 9.82 Å². The molecule has 0 radical (unpaired) electrons. The molecule has 2 rings (SSSR count). The van der Waals surface area contributed by atoms with Crippen LogP contribution in [0.25, 0.3) is 0 Å². The largest absolute Gasteiger partial charge is 0.378 e. The number of nitrogens with zero attached hydrogens (tertiary/aromatic N) is 1. The highest BCUT2D eigenvalue weighted by Gasteiger charge is 2.18. The van der Waals surface area contributed by atoms with E-state index in [2.05, 4.69) is 10.6 Å². The molecule has 0 aliphatic rings. The lowest BCUT2D eigenvalue weighted by Crippen LogP contribution is -2.29. The molecule has 9 nitrogen and oxygen atoms in total. The third-order valence-electron chi connectivity index (χ3n) is 4.63. The normalized spacial score (nSPS) is 11.1. The highest BCUT2D eigenvalue weighted by atomic mass is 32.2. The fourth-order valence-electron chi connectivity index (χ4n) is 2.93. The van der Waals surface area contributed by atoms with Gasteiger partial charge in [0, 0.05) is 43.8 Å². The van der Waals surface area contributed by atoms with Crippen molar-refractivity contribution in [3.05, 3.63) is 63.2 Å². The summed E-state index contributed by atoms with van der Waals surface area (Å²) in [4.78, 5) is 34.7. The molecule has 31 heavy (non-hydrogen) atoms. The summed E-state index contributed by atoms with van der Waals surface area (Å²) < 4.78 is 23.2. The Morgan fingerprint density at radius 2 is 1.74 bits per heavy atom. The van der Waals surface area contributed by atoms with Gasteiger partial charge in [-0.3, -0.25) is 19.7 Å². The standard InChI is InChI=1S/C21H25N3O6S/c1-14-4-5-15(2)17(12-14)20(25)8-9-21(26)23-11-10-22-18-7-6-16(31(3,29)30)13-19(18)24(27)28/h4-7,12-13,22H,8-11H2,1-3H3,(H,23,26). The van der Waals surface area contributed by atoms with Gasteiger partial charge in [0.1, 0.15) is 5.69 Å². The fraction of sp³-hybridized carbons (Fsp3) is 0.333. The predicted molar refractivity (Wildman–Crippen MR) is 117 cm³/mol. The van der Waals surface area contributed by atoms with Crippen LogP contribution in [0.15, 0.2) is 41.3 Å². The number of carbonyl (C=O) groups excluding carboxylic acids is 2. The maximum absolute atomic E-state index is 12.3. The molecule has 0 saturated carbocycles. The van der Waals surface area contributed by atoms with Gasteiger partial charge in [-0.25, -0.2) is 8.42 Å². The number of amides is 1. The molecule has 2 N–H and O–H groups in total. The molecule has 0 heterocycles. The van der Waals surface area contributed by atoms with Gasteiger partial charge in [0.2, 0.25) is 5.91 Å². The molecule has 0 unspecified atom stereocenters. The van der Waals surface area contributed by atoms with Crippen LogP contribution < -0.4 is 10.6 Å². The Bertz CT molecular complexity index is 1110. The molecule has 2 aromatic carbocycles. The van der Waals surface area contributed by atoms with Gasteiger partial charge in [-0.1, -0.05) is 17.7 Å². The first-order valence-electron chi connectivity index (χ1n) is 9.58. The molecule has 166 valence electrons. The summed E-state index contributed by atoms with van der Waals surface area (Å²) in [6.07, 6.45) is 1.09. The fourth-order valence-corrected chi connectivity index (χ4v) is 3.57. The summed E-state index contributed by atoms with van der Waals surface area (Å²) in [5, 5.41) is 16.7. The van der Waals surface area contributed by atoms with E-state index in [-0.39, 0.29) is 53.9 Å². The Kier molecular flexibility index (Phi) is 7.87. The smallest absolute Gasteiger partial charge is 0.293 e. The maximum atomic E-state index is 12.3.